The molecule has 0 spiro atoms. The summed E-state index contributed by atoms with van der Waals surface area (Å²) in [5, 5.41) is 10.3. The summed E-state index contributed by atoms with van der Waals surface area (Å²) in [7, 11) is 0. The lowest BCUT2D eigenvalue weighted by Gasteiger charge is -2.31. The van der Waals surface area contributed by atoms with Crippen molar-refractivity contribution in [3.63, 3.8) is 0 Å². The predicted molar refractivity (Wildman–Crippen MR) is 81.4 cm³/mol. The number of rotatable bonds is 2. The Kier molecular flexibility index (Phi) is 3.81. The summed E-state index contributed by atoms with van der Waals surface area (Å²) in [6.07, 6.45) is -0.996. The largest absolute Gasteiger partial charge is 0.481 e. The number of hydrogen-bond acceptors (Lipinski definition) is 3. The Morgan fingerprint density at radius 1 is 1.09 bits per heavy atom. The van der Waals surface area contributed by atoms with Gasteiger partial charge in [-0.25, -0.2) is 4.79 Å². The van der Waals surface area contributed by atoms with Crippen LogP contribution in [0.5, 0.6) is 0 Å². The zero-order valence-corrected chi connectivity index (χ0v) is 12.6. The van der Waals surface area contributed by atoms with E-state index in [-0.39, 0.29) is 10.6 Å². The molecule has 1 aliphatic rings. The van der Waals surface area contributed by atoms with E-state index in [1.54, 1.807) is 36.4 Å². The zero-order chi connectivity index (χ0) is 15.9. The van der Waals surface area contributed by atoms with Crippen molar-refractivity contribution in [2.45, 2.75) is 12.0 Å². The number of halogens is 2. The second-order valence-electron chi connectivity index (χ2n) is 4.89. The first kappa shape index (κ1) is 14.9. The smallest absolute Gasteiger partial charge is 0.339 e. The van der Waals surface area contributed by atoms with Gasteiger partial charge in [-0.2, -0.15) is 0 Å². The quantitative estimate of drug-likeness (QED) is 0.839. The number of carbonyl (C=O) groups excluding carboxylic acids is 1. The van der Waals surface area contributed by atoms with Gasteiger partial charge in [-0.1, -0.05) is 47.5 Å². The highest BCUT2D eigenvalue weighted by atomic mass is 35.5. The van der Waals surface area contributed by atoms with Crippen molar-refractivity contribution in [3.05, 3.63) is 69.2 Å². The number of carbonyl (C=O) groups is 2. The number of aliphatic carboxylic acids is 1. The molecular weight excluding hydrogens is 327 g/mol. The van der Waals surface area contributed by atoms with Crippen molar-refractivity contribution in [1.29, 1.82) is 0 Å². The van der Waals surface area contributed by atoms with Crippen LogP contribution in [0.2, 0.25) is 10.0 Å². The standard InChI is InChI=1S/C16H10Cl2O4/c17-8-5-6-11(12(18)7-8)14-13(15(19)20)9-3-1-2-4-10(9)16(21)22-14/h1-7,13-14H,(H,19,20)/t13-,14+/m0/s1. The molecule has 0 aliphatic carbocycles. The number of ether oxygens (including phenoxy) is 1. The van der Waals surface area contributed by atoms with E-state index in [4.69, 9.17) is 27.9 Å². The molecule has 0 radical (unpaired) electrons. The second-order valence-corrected chi connectivity index (χ2v) is 5.74. The van der Waals surface area contributed by atoms with E-state index < -0.39 is 24.0 Å². The number of hydrogen-bond donors (Lipinski definition) is 1. The molecule has 0 unspecified atom stereocenters. The van der Waals surface area contributed by atoms with Crippen molar-refractivity contribution in [2.75, 3.05) is 0 Å². The monoisotopic (exact) mass is 336 g/mol. The highest BCUT2D eigenvalue weighted by molar-refractivity contribution is 6.35. The number of cyclic esters (lactones) is 1. The maximum Gasteiger partial charge on any atom is 0.339 e. The van der Waals surface area contributed by atoms with Crippen LogP contribution in [0.1, 0.15) is 33.5 Å². The molecule has 112 valence electrons. The molecule has 0 aromatic heterocycles. The molecule has 2 aromatic rings. The molecule has 2 aromatic carbocycles. The third-order valence-electron chi connectivity index (χ3n) is 3.59. The number of fused-ring (bicyclic) bond motifs is 1. The second kappa shape index (κ2) is 5.63. The van der Waals surface area contributed by atoms with E-state index >= 15 is 0 Å². The Labute approximate surface area is 136 Å². The van der Waals surface area contributed by atoms with E-state index in [1.807, 2.05) is 0 Å². The van der Waals surface area contributed by atoms with Gasteiger partial charge in [0, 0.05) is 15.6 Å². The molecule has 6 heteroatoms. The van der Waals surface area contributed by atoms with Crippen LogP contribution in [0.4, 0.5) is 0 Å². The summed E-state index contributed by atoms with van der Waals surface area (Å²) in [5.41, 5.74) is 1.10. The Morgan fingerprint density at radius 3 is 2.50 bits per heavy atom. The molecule has 0 amide bonds. The number of esters is 1. The Balaban J connectivity index is 2.16. The van der Waals surface area contributed by atoms with Crippen LogP contribution in [0.15, 0.2) is 42.5 Å². The van der Waals surface area contributed by atoms with Gasteiger partial charge in [-0.15, -0.1) is 0 Å². The number of carboxylic acid groups (broad SMARTS) is 1. The third-order valence-corrected chi connectivity index (χ3v) is 4.15. The van der Waals surface area contributed by atoms with Crippen LogP contribution >= 0.6 is 23.2 Å². The lowest BCUT2D eigenvalue weighted by molar-refractivity contribution is -0.142. The number of carboxylic acids is 1. The van der Waals surface area contributed by atoms with Crippen molar-refractivity contribution in [2.24, 2.45) is 0 Å². The van der Waals surface area contributed by atoms with Gasteiger partial charge in [0.2, 0.25) is 0 Å². The van der Waals surface area contributed by atoms with Gasteiger partial charge in [0.25, 0.3) is 0 Å². The first-order valence-corrected chi connectivity index (χ1v) is 7.22. The van der Waals surface area contributed by atoms with E-state index in [0.717, 1.165) is 0 Å². The minimum Gasteiger partial charge on any atom is -0.481 e. The fourth-order valence-electron chi connectivity index (χ4n) is 2.60. The summed E-state index contributed by atoms with van der Waals surface area (Å²) in [4.78, 5) is 23.9. The molecule has 0 saturated carbocycles. The van der Waals surface area contributed by atoms with Gasteiger partial charge in [-0.3, -0.25) is 4.79 Å². The van der Waals surface area contributed by atoms with Crippen molar-refractivity contribution in [3.8, 4) is 0 Å². The number of benzene rings is 2. The van der Waals surface area contributed by atoms with Gasteiger partial charge in [0.1, 0.15) is 12.0 Å². The Bertz CT molecular complexity index is 772. The minimum atomic E-state index is -1.09. The summed E-state index contributed by atoms with van der Waals surface area (Å²) < 4.78 is 5.35. The molecule has 1 N–H and O–H groups in total. The van der Waals surface area contributed by atoms with Crippen molar-refractivity contribution >= 4 is 35.1 Å². The summed E-state index contributed by atoms with van der Waals surface area (Å²) in [5.74, 6) is -2.67. The molecule has 2 atom stereocenters. The van der Waals surface area contributed by atoms with Crippen LogP contribution in [0, 0.1) is 0 Å². The van der Waals surface area contributed by atoms with E-state index in [0.29, 0.717) is 16.1 Å². The Hall–Kier alpha value is -2.04. The maximum absolute atomic E-state index is 12.1. The lowest BCUT2D eigenvalue weighted by Crippen LogP contribution is -2.31. The highest BCUT2D eigenvalue weighted by Gasteiger charge is 2.41. The molecule has 1 heterocycles. The maximum atomic E-state index is 12.1. The first-order chi connectivity index (χ1) is 10.5. The van der Waals surface area contributed by atoms with Gasteiger partial charge < -0.3 is 9.84 Å². The summed E-state index contributed by atoms with van der Waals surface area (Å²) in [6, 6.07) is 11.2. The summed E-state index contributed by atoms with van der Waals surface area (Å²) in [6.45, 7) is 0. The molecule has 3 rings (SSSR count). The third kappa shape index (κ3) is 2.45. The molecular formula is C16H10Cl2O4. The molecule has 0 fully saturated rings. The van der Waals surface area contributed by atoms with Gasteiger partial charge >= 0.3 is 11.9 Å². The van der Waals surface area contributed by atoms with Crippen LogP contribution in [-0.2, 0) is 9.53 Å². The molecule has 1 aliphatic heterocycles. The summed E-state index contributed by atoms with van der Waals surface area (Å²) >= 11 is 12.0. The topological polar surface area (TPSA) is 63.6 Å². The zero-order valence-electron chi connectivity index (χ0n) is 11.1. The normalized spacial score (nSPS) is 20.2. The van der Waals surface area contributed by atoms with Crippen LogP contribution in [0.3, 0.4) is 0 Å². The van der Waals surface area contributed by atoms with Gasteiger partial charge in [0.15, 0.2) is 0 Å². The minimum absolute atomic E-state index is 0.260. The average Bonchev–Trinajstić information content (AvgIpc) is 2.46. The van der Waals surface area contributed by atoms with Gasteiger partial charge in [-0.05, 0) is 23.8 Å². The lowest BCUT2D eigenvalue weighted by atomic mass is 9.84. The molecule has 0 saturated heterocycles. The highest BCUT2D eigenvalue weighted by Crippen LogP contribution is 2.43. The van der Waals surface area contributed by atoms with Crippen LogP contribution < -0.4 is 0 Å². The van der Waals surface area contributed by atoms with Crippen LogP contribution in [0.25, 0.3) is 0 Å². The predicted octanol–water partition coefficient (Wildman–Crippen LogP) is 4.07. The van der Waals surface area contributed by atoms with E-state index in [2.05, 4.69) is 0 Å². The van der Waals surface area contributed by atoms with Crippen molar-refractivity contribution in [1.82, 2.24) is 0 Å². The van der Waals surface area contributed by atoms with Crippen LogP contribution in [-0.4, -0.2) is 17.0 Å². The molecule has 0 bridgehead atoms. The average molecular weight is 337 g/mol. The molecule has 22 heavy (non-hydrogen) atoms. The fraction of sp³-hybridized carbons (Fsp3) is 0.125. The molecule has 4 nitrogen and oxygen atoms in total. The SMILES string of the molecule is O=C1O[C@H](c2ccc(Cl)cc2Cl)[C@@H](C(=O)O)c2ccccc21. The van der Waals surface area contributed by atoms with E-state index in [9.17, 15) is 14.7 Å². The fourth-order valence-corrected chi connectivity index (χ4v) is 3.12. The van der Waals surface area contributed by atoms with Crippen molar-refractivity contribution < 1.29 is 19.4 Å². The van der Waals surface area contributed by atoms with Gasteiger partial charge in [0.05, 0.1) is 5.56 Å². The van der Waals surface area contributed by atoms with E-state index in [1.165, 1.54) is 6.07 Å². The Morgan fingerprint density at radius 2 is 1.82 bits per heavy atom. The first-order valence-electron chi connectivity index (χ1n) is 6.46.